The summed E-state index contributed by atoms with van der Waals surface area (Å²) in [5.41, 5.74) is -0.750. The molecule has 3 aromatic carbocycles. The summed E-state index contributed by atoms with van der Waals surface area (Å²) in [6.07, 6.45) is 9.89. The predicted molar refractivity (Wildman–Crippen MR) is 180 cm³/mol. The van der Waals surface area contributed by atoms with Crippen molar-refractivity contribution in [2.24, 2.45) is 0 Å². The Hall–Kier alpha value is -0.684. The van der Waals surface area contributed by atoms with E-state index >= 15 is 0 Å². The maximum atomic E-state index is 10.1. The molecule has 0 bridgehead atoms. The molecule has 0 N–H and O–H groups in total. The maximum absolute atomic E-state index is 10.1. The van der Waals surface area contributed by atoms with E-state index in [0.717, 1.165) is 12.4 Å². The molecule has 0 aromatic heterocycles. The quantitative estimate of drug-likeness (QED) is 0.186. The van der Waals surface area contributed by atoms with Crippen LogP contribution in [0.15, 0.2) is 115 Å². The molecule has 0 atom stereocenters. The zero-order valence-electron chi connectivity index (χ0n) is 27.9. The number of carbonyl (C=O) groups is 1. The van der Waals surface area contributed by atoms with Crippen molar-refractivity contribution in [3.63, 3.8) is 0 Å². The Kier molecular flexibility index (Phi) is 41.2. The fraction of sp³-hybridized carbons (Fsp3) is 0.361. The minimum Gasteiger partial charge on any atom is -1.00 e. The van der Waals surface area contributed by atoms with E-state index in [2.05, 4.69) is 97.9 Å². The largest absolute Gasteiger partial charge is 1.00 e. The molecule has 41 heavy (non-hydrogen) atoms. The molecule has 0 saturated carbocycles. The maximum Gasteiger partial charge on any atom is 1.00 e. The van der Waals surface area contributed by atoms with Gasteiger partial charge < -0.3 is 26.9 Å². The van der Waals surface area contributed by atoms with Crippen LogP contribution in [0.2, 0.25) is 0 Å². The molecule has 3 aromatic rings. The molecule has 0 amide bonds. The number of hydrogen-bond acceptors (Lipinski definition) is 2. The van der Waals surface area contributed by atoms with Crippen LogP contribution in [0.5, 0.6) is 0 Å². The van der Waals surface area contributed by atoms with Gasteiger partial charge in [0, 0.05) is 0 Å². The minimum atomic E-state index is -1.53. The molecular formula is C36H55BrKO2P. The third-order valence-corrected chi connectivity index (χ3v) is 9.22. The Morgan fingerprint density at radius 2 is 0.780 bits per heavy atom. The van der Waals surface area contributed by atoms with Gasteiger partial charge in [-0.05, 0) is 77.9 Å². The molecule has 0 saturated heterocycles. The van der Waals surface area contributed by atoms with Crippen LogP contribution in [-0.4, -0.2) is 18.0 Å². The number of hydrogen-bond donors (Lipinski definition) is 0. The molecule has 224 valence electrons. The van der Waals surface area contributed by atoms with Crippen molar-refractivity contribution in [2.75, 3.05) is 6.16 Å². The van der Waals surface area contributed by atoms with Crippen LogP contribution in [-0.2, 0) is 4.79 Å². The number of benzene rings is 3. The van der Waals surface area contributed by atoms with Gasteiger partial charge in [0.2, 0.25) is 0 Å². The van der Waals surface area contributed by atoms with Gasteiger partial charge in [0.05, 0.1) is 6.16 Å². The van der Waals surface area contributed by atoms with Gasteiger partial charge in [0.15, 0.2) is 0 Å². The average molecular weight is 670 g/mol. The summed E-state index contributed by atoms with van der Waals surface area (Å²) >= 11 is 0. The third-order valence-electron chi connectivity index (χ3n) is 4.73. The minimum absolute atomic E-state index is 0. The second kappa shape index (κ2) is 33.8. The van der Waals surface area contributed by atoms with E-state index in [1.165, 1.54) is 22.8 Å². The predicted octanol–water partition coefficient (Wildman–Crippen LogP) is 2.55. The van der Waals surface area contributed by atoms with Gasteiger partial charge in [0.1, 0.15) is 29.5 Å². The van der Waals surface area contributed by atoms with Crippen LogP contribution < -0.4 is 89.4 Å². The summed E-state index contributed by atoms with van der Waals surface area (Å²) in [5, 5.41) is 14.5. The van der Waals surface area contributed by atoms with Crippen molar-refractivity contribution in [1.29, 1.82) is 0 Å². The molecule has 0 aliphatic carbocycles. The van der Waals surface area contributed by atoms with Crippen LogP contribution in [0.3, 0.4) is 0 Å². The van der Waals surface area contributed by atoms with Gasteiger partial charge in [0.25, 0.3) is 0 Å². The van der Waals surface area contributed by atoms with Crippen LogP contribution in [0.1, 0.15) is 76.2 Å². The third kappa shape index (κ3) is 25.5. The Morgan fingerprint density at radius 1 is 0.610 bits per heavy atom. The Labute approximate surface area is 307 Å². The summed E-state index contributed by atoms with van der Waals surface area (Å²) in [6.45, 7) is 20.7. The van der Waals surface area contributed by atoms with E-state index in [1.54, 1.807) is 20.8 Å². The van der Waals surface area contributed by atoms with Gasteiger partial charge in [-0.25, -0.2) is 0 Å². The Bertz CT molecular complexity index is 850. The molecule has 0 radical (unpaired) electrons. The van der Waals surface area contributed by atoms with Crippen molar-refractivity contribution in [2.45, 2.75) is 81.8 Å². The fourth-order valence-corrected chi connectivity index (χ4v) is 7.08. The molecule has 0 heterocycles. The molecule has 2 nitrogen and oxygen atoms in total. The Balaban J connectivity index is -0.000000180. The summed E-state index contributed by atoms with van der Waals surface area (Å²) in [4.78, 5) is 8.81. The summed E-state index contributed by atoms with van der Waals surface area (Å²) < 4.78 is 0. The second-order valence-corrected chi connectivity index (χ2v) is 12.6. The number of allylic oxidation sites excluding steroid dienone is 4. The molecule has 0 unspecified atom stereocenters. The first-order valence-corrected chi connectivity index (χ1v) is 15.9. The van der Waals surface area contributed by atoms with Crippen molar-refractivity contribution in [3.05, 3.63) is 115 Å². The molecule has 3 rings (SSSR count). The van der Waals surface area contributed by atoms with Gasteiger partial charge in [-0.2, -0.15) is 0 Å². The van der Waals surface area contributed by atoms with Gasteiger partial charge in [-0.15, -0.1) is 5.60 Å². The van der Waals surface area contributed by atoms with E-state index in [9.17, 15) is 5.11 Å². The van der Waals surface area contributed by atoms with Crippen molar-refractivity contribution in [1.82, 2.24) is 0 Å². The topological polar surface area (TPSA) is 40.1 Å². The van der Waals surface area contributed by atoms with E-state index in [1.807, 2.05) is 65.8 Å². The molecule has 0 aliphatic rings. The van der Waals surface area contributed by atoms with Gasteiger partial charge >= 0.3 is 51.4 Å². The van der Waals surface area contributed by atoms with E-state index in [0.29, 0.717) is 0 Å². The number of halogens is 1. The molecular weight excluding hydrogens is 614 g/mol. The average Bonchev–Trinajstić information content (AvgIpc) is 2.96. The van der Waals surface area contributed by atoms with Crippen LogP contribution in [0.25, 0.3) is 0 Å². The molecule has 0 fully saturated rings. The Morgan fingerprint density at radius 3 is 0.902 bits per heavy atom. The summed E-state index contributed by atoms with van der Waals surface area (Å²) in [6, 6.07) is 33.0. The molecule has 5 heteroatoms. The smallest absolute Gasteiger partial charge is 1.00 e. The summed E-state index contributed by atoms with van der Waals surface area (Å²) in [7, 11) is -1.53. The van der Waals surface area contributed by atoms with E-state index < -0.39 is 12.9 Å². The first kappa shape index (κ1) is 50.0. The van der Waals surface area contributed by atoms with E-state index in [-0.39, 0.29) is 68.4 Å². The standard InChI is InChI=1S/C20H20P.C4H9O.2C4H8.C2H4O.C2H6.BrH.K/c1-2-21(18-12-6-3-7-13-18,19-14-8-4-9-15-19)20-16-10-5-11-17-20;1-4(2,3)5;2*1-3-4-2;1-2-3;1-2;;/h3-17H,2H2,1H3;1-3H3;2*3-4H,1-2H3;2H,1H3;1-2H3;1H;/q+1;-1;;;;;;+1/p-1. The second-order valence-electron chi connectivity index (χ2n) is 8.81. The number of carbonyl (C=O) groups excluding carboxylic acids is 1. The summed E-state index contributed by atoms with van der Waals surface area (Å²) in [5.74, 6) is 0. The first-order chi connectivity index (χ1) is 18.6. The first-order valence-electron chi connectivity index (χ1n) is 13.9. The molecule has 0 spiro atoms. The number of rotatable bonds is 4. The van der Waals surface area contributed by atoms with Crippen molar-refractivity contribution < 1.29 is 78.3 Å². The van der Waals surface area contributed by atoms with Crippen LogP contribution in [0.4, 0.5) is 0 Å². The van der Waals surface area contributed by atoms with Crippen LogP contribution >= 0.6 is 7.26 Å². The zero-order valence-corrected chi connectivity index (χ0v) is 33.5. The van der Waals surface area contributed by atoms with Gasteiger partial charge in [-0.1, -0.05) is 114 Å². The SMILES string of the molecule is CC.CC(C)(C)[O-].CC=CC.CC=CC.CC=O.CC[P+](c1ccccc1)(c1ccccc1)c1ccccc1.[Br-].[K+]. The molecule has 0 aliphatic heterocycles. The normalized spacial score (nSPS) is 9.56. The fourth-order valence-electron chi connectivity index (χ4n) is 3.04. The van der Waals surface area contributed by atoms with Crippen molar-refractivity contribution in [3.8, 4) is 0 Å². The zero-order chi connectivity index (χ0) is 30.6. The van der Waals surface area contributed by atoms with Crippen LogP contribution in [0, 0.1) is 0 Å². The van der Waals surface area contributed by atoms with Gasteiger partial charge in [-0.3, -0.25) is 0 Å². The monoisotopic (exact) mass is 668 g/mol. The van der Waals surface area contributed by atoms with Crippen molar-refractivity contribution >= 4 is 29.5 Å². The van der Waals surface area contributed by atoms with E-state index in [4.69, 9.17) is 4.79 Å². The number of aldehydes is 1.